The van der Waals surface area contributed by atoms with Gasteiger partial charge in [0.2, 0.25) is 0 Å². The summed E-state index contributed by atoms with van der Waals surface area (Å²) in [4.78, 5) is 12.8. The fourth-order valence-electron chi connectivity index (χ4n) is 1.89. The predicted molar refractivity (Wildman–Crippen MR) is 72.3 cm³/mol. The van der Waals surface area contributed by atoms with Gasteiger partial charge in [0.05, 0.1) is 11.0 Å². The highest BCUT2D eigenvalue weighted by Crippen LogP contribution is 2.23. The van der Waals surface area contributed by atoms with E-state index < -0.39 is 0 Å². The molecule has 0 aliphatic heterocycles. The summed E-state index contributed by atoms with van der Waals surface area (Å²) >= 11 is 0. The molecule has 2 aromatic heterocycles. The normalized spacial score (nSPS) is 10.5. The van der Waals surface area contributed by atoms with E-state index in [2.05, 4.69) is 20.3 Å². The Bertz CT molecular complexity index is 694. The molecule has 0 fully saturated rings. The average molecular weight is 236 g/mol. The molecule has 0 unspecified atom stereocenters. The molecular weight excluding hydrogens is 224 g/mol. The number of benzene rings is 1. The van der Waals surface area contributed by atoms with Crippen LogP contribution in [0.4, 0.5) is 5.82 Å². The Kier molecular flexibility index (Phi) is 2.61. The van der Waals surface area contributed by atoms with Crippen molar-refractivity contribution >= 4 is 16.9 Å². The molecule has 88 valence electrons. The first-order valence-electron chi connectivity index (χ1n) is 5.72. The van der Waals surface area contributed by atoms with E-state index in [0.717, 1.165) is 28.0 Å². The summed E-state index contributed by atoms with van der Waals surface area (Å²) in [6.07, 6.45) is 5.20. The van der Waals surface area contributed by atoms with Gasteiger partial charge in [-0.2, -0.15) is 0 Å². The summed E-state index contributed by atoms with van der Waals surface area (Å²) in [5.41, 5.74) is 4.03. The van der Waals surface area contributed by atoms with Gasteiger partial charge in [0.25, 0.3) is 0 Å². The molecule has 18 heavy (non-hydrogen) atoms. The van der Waals surface area contributed by atoms with E-state index in [0.29, 0.717) is 0 Å². The molecule has 0 amide bonds. The zero-order chi connectivity index (χ0) is 12.4. The van der Waals surface area contributed by atoms with E-state index in [9.17, 15) is 0 Å². The smallest absolute Gasteiger partial charge is 0.126 e. The Morgan fingerprint density at radius 2 is 1.56 bits per heavy atom. The second kappa shape index (κ2) is 4.41. The minimum absolute atomic E-state index is 0.853. The van der Waals surface area contributed by atoms with Crippen molar-refractivity contribution in [3.05, 3.63) is 48.9 Å². The van der Waals surface area contributed by atoms with Gasteiger partial charge < -0.3 is 5.32 Å². The molecule has 3 aromatic rings. The van der Waals surface area contributed by atoms with Gasteiger partial charge in [0.1, 0.15) is 5.82 Å². The van der Waals surface area contributed by atoms with Crippen molar-refractivity contribution in [1.82, 2.24) is 15.0 Å². The predicted octanol–water partition coefficient (Wildman–Crippen LogP) is 2.73. The number of pyridine rings is 1. The SMILES string of the molecule is CNc1cc(-c2ccc3nccnc3c2)ccn1. The molecule has 0 saturated heterocycles. The van der Waals surface area contributed by atoms with Crippen molar-refractivity contribution in [2.24, 2.45) is 0 Å². The third kappa shape index (κ3) is 1.88. The number of hydrogen-bond acceptors (Lipinski definition) is 4. The first kappa shape index (κ1) is 10.7. The van der Waals surface area contributed by atoms with Crippen molar-refractivity contribution in [1.29, 1.82) is 0 Å². The van der Waals surface area contributed by atoms with Crippen LogP contribution >= 0.6 is 0 Å². The van der Waals surface area contributed by atoms with Gasteiger partial charge in [0, 0.05) is 25.6 Å². The Morgan fingerprint density at radius 1 is 0.778 bits per heavy atom. The quantitative estimate of drug-likeness (QED) is 0.743. The average Bonchev–Trinajstić information content (AvgIpc) is 2.47. The zero-order valence-electron chi connectivity index (χ0n) is 9.96. The van der Waals surface area contributed by atoms with Crippen LogP contribution in [0, 0.1) is 0 Å². The maximum Gasteiger partial charge on any atom is 0.126 e. The van der Waals surface area contributed by atoms with E-state index in [-0.39, 0.29) is 0 Å². The summed E-state index contributed by atoms with van der Waals surface area (Å²) in [5.74, 6) is 0.853. The lowest BCUT2D eigenvalue weighted by molar-refractivity contribution is 1.28. The van der Waals surface area contributed by atoms with E-state index >= 15 is 0 Å². The molecule has 4 heteroatoms. The standard InChI is InChI=1S/C14H12N4/c1-15-14-9-11(4-5-18-14)10-2-3-12-13(8-10)17-7-6-16-12/h2-9H,1H3,(H,15,18). The van der Waals surface area contributed by atoms with Gasteiger partial charge in [-0.1, -0.05) is 6.07 Å². The second-order valence-electron chi connectivity index (χ2n) is 3.94. The van der Waals surface area contributed by atoms with Crippen molar-refractivity contribution < 1.29 is 0 Å². The molecule has 3 rings (SSSR count). The lowest BCUT2D eigenvalue weighted by Crippen LogP contribution is -1.91. The molecule has 0 spiro atoms. The summed E-state index contributed by atoms with van der Waals surface area (Å²) < 4.78 is 0. The number of nitrogens with one attached hydrogen (secondary N) is 1. The largest absolute Gasteiger partial charge is 0.373 e. The fourth-order valence-corrected chi connectivity index (χ4v) is 1.89. The minimum Gasteiger partial charge on any atom is -0.373 e. The maximum atomic E-state index is 4.32. The number of rotatable bonds is 2. The molecular formula is C14H12N4. The molecule has 1 N–H and O–H groups in total. The van der Waals surface area contributed by atoms with E-state index in [1.165, 1.54) is 0 Å². The van der Waals surface area contributed by atoms with Gasteiger partial charge in [-0.3, -0.25) is 9.97 Å². The lowest BCUT2D eigenvalue weighted by atomic mass is 10.1. The zero-order valence-corrected chi connectivity index (χ0v) is 9.96. The van der Waals surface area contributed by atoms with E-state index in [1.54, 1.807) is 18.6 Å². The molecule has 2 heterocycles. The number of anilines is 1. The molecule has 0 saturated carbocycles. The van der Waals surface area contributed by atoms with Crippen LogP contribution in [-0.4, -0.2) is 22.0 Å². The maximum absolute atomic E-state index is 4.32. The van der Waals surface area contributed by atoms with Crippen LogP contribution in [-0.2, 0) is 0 Å². The van der Waals surface area contributed by atoms with Gasteiger partial charge in [-0.15, -0.1) is 0 Å². The van der Waals surface area contributed by atoms with Crippen LogP contribution in [0.5, 0.6) is 0 Å². The van der Waals surface area contributed by atoms with Crippen molar-refractivity contribution in [2.45, 2.75) is 0 Å². The Morgan fingerprint density at radius 3 is 2.39 bits per heavy atom. The van der Waals surface area contributed by atoms with Gasteiger partial charge in [0.15, 0.2) is 0 Å². The van der Waals surface area contributed by atoms with Gasteiger partial charge in [-0.05, 0) is 35.4 Å². The molecule has 1 aromatic carbocycles. The molecule has 4 nitrogen and oxygen atoms in total. The van der Waals surface area contributed by atoms with Crippen molar-refractivity contribution in [3.63, 3.8) is 0 Å². The Hall–Kier alpha value is -2.49. The van der Waals surface area contributed by atoms with Crippen LogP contribution in [0.25, 0.3) is 22.2 Å². The molecule has 0 atom stereocenters. The van der Waals surface area contributed by atoms with Gasteiger partial charge >= 0.3 is 0 Å². The third-order valence-corrected chi connectivity index (χ3v) is 2.82. The number of nitrogens with zero attached hydrogens (tertiary/aromatic N) is 3. The van der Waals surface area contributed by atoms with Crippen LogP contribution < -0.4 is 5.32 Å². The fraction of sp³-hybridized carbons (Fsp3) is 0.0714. The topological polar surface area (TPSA) is 50.7 Å². The first-order chi connectivity index (χ1) is 8.86. The van der Waals surface area contributed by atoms with Crippen LogP contribution in [0.15, 0.2) is 48.9 Å². The number of fused-ring (bicyclic) bond motifs is 1. The summed E-state index contributed by atoms with van der Waals surface area (Å²) in [7, 11) is 1.86. The number of hydrogen-bond donors (Lipinski definition) is 1. The lowest BCUT2D eigenvalue weighted by Gasteiger charge is -2.05. The monoisotopic (exact) mass is 236 g/mol. The van der Waals surface area contributed by atoms with Crippen LogP contribution in [0.2, 0.25) is 0 Å². The molecule has 0 aliphatic rings. The van der Waals surface area contributed by atoms with Crippen LogP contribution in [0.3, 0.4) is 0 Å². The summed E-state index contributed by atoms with van der Waals surface area (Å²) in [6.45, 7) is 0. The Balaban J connectivity index is 2.13. The van der Waals surface area contributed by atoms with Crippen molar-refractivity contribution in [3.8, 4) is 11.1 Å². The summed E-state index contributed by atoms with van der Waals surface area (Å²) in [5, 5.41) is 3.04. The first-order valence-corrected chi connectivity index (χ1v) is 5.72. The minimum atomic E-state index is 0.853. The van der Waals surface area contributed by atoms with E-state index in [1.807, 2.05) is 37.4 Å². The molecule has 0 radical (unpaired) electrons. The third-order valence-electron chi connectivity index (χ3n) is 2.82. The second-order valence-corrected chi connectivity index (χ2v) is 3.94. The van der Waals surface area contributed by atoms with Gasteiger partial charge in [-0.25, -0.2) is 4.98 Å². The highest BCUT2D eigenvalue weighted by atomic mass is 14.9. The number of aromatic nitrogens is 3. The highest BCUT2D eigenvalue weighted by molar-refractivity contribution is 5.81. The van der Waals surface area contributed by atoms with Crippen LogP contribution in [0.1, 0.15) is 0 Å². The highest BCUT2D eigenvalue weighted by Gasteiger charge is 2.02. The summed E-state index contributed by atoms with van der Waals surface area (Å²) in [6, 6.07) is 10.1. The Labute approximate surface area is 105 Å². The van der Waals surface area contributed by atoms with Crippen molar-refractivity contribution in [2.75, 3.05) is 12.4 Å². The molecule has 0 aliphatic carbocycles. The van der Waals surface area contributed by atoms with E-state index in [4.69, 9.17) is 0 Å². The molecule has 0 bridgehead atoms.